The van der Waals surface area contributed by atoms with Gasteiger partial charge in [-0.1, -0.05) is 0 Å². The van der Waals surface area contributed by atoms with Crippen LogP contribution in [0.15, 0.2) is 36.2 Å². The number of hydrogen-bond donors (Lipinski definition) is 3. The summed E-state index contributed by atoms with van der Waals surface area (Å²) in [6.07, 6.45) is 5.53. The number of rotatable bonds is 5. The Kier molecular flexibility index (Phi) is 3.98. The van der Waals surface area contributed by atoms with Gasteiger partial charge < -0.3 is 15.3 Å². The van der Waals surface area contributed by atoms with Gasteiger partial charge in [0.1, 0.15) is 11.6 Å². The maximum atomic E-state index is 14.3. The van der Waals surface area contributed by atoms with Crippen molar-refractivity contribution in [3.63, 3.8) is 0 Å². The Morgan fingerprint density at radius 1 is 1.32 bits per heavy atom. The van der Waals surface area contributed by atoms with E-state index >= 15 is 0 Å². The number of H-pyrrole nitrogens is 2. The van der Waals surface area contributed by atoms with Gasteiger partial charge in [0, 0.05) is 41.9 Å². The lowest BCUT2D eigenvalue weighted by atomic mass is 10.1. The molecule has 0 radical (unpaired) electrons. The van der Waals surface area contributed by atoms with Gasteiger partial charge in [0.25, 0.3) is 5.91 Å². The third kappa shape index (κ3) is 3.13. The van der Waals surface area contributed by atoms with Gasteiger partial charge in [0.05, 0.1) is 29.1 Å². The molecule has 4 rings (SSSR count). The molecule has 25 heavy (non-hydrogen) atoms. The highest BCUT2D eigenvalue weighted by Crippen LogP contribution is 2.23. The van der Waals surface area contributed by atoms with Crippen LogP contribution in [-0.4, -0.2) is 36.8 Å². The summed E-state index contributed by atoms with van der Waals surface area (Å²) in [4.78, 5) is 26.6. The molecule has 0 bridgehead atoms. The number of aromatic amines is 2. The number of carbonyl (C=O) groups is 1. The largest absolute Gasteiger partial charge is 0.352 e. The molecule has 3 heterocycles. The normalized spacial score (nSPS) is 11.1. The van der Waals surface area contributed by atoms with Crippen molar-refractivity contribution in [1.82, 2.24) is 29.6 Å². The average Bonchev–Trinajstić information content (AvgIpc) is 3.34. The minimum Gasteiger partial charge on any atom is -0.352 e. The Balaban J connectivity index is 1.54. The van der Waals surface area contributed by atoms with Gasteiger partial charge in [-0.15, -0.1) is 0 Å². The van der Waals surface area contributed by atoms with Crippen molar-refractivity contribution in [2.24, 2.45) is 0 Å². The fourth-order valence-corrected chi connectivity index (χ4v) is 3.01. The highest BCUT2D eigenvalue weighted by atomic mass is 32.1. The van der Waals surface area contributed by atoms with Crippen molar-refractivity contribution in [2.45, 2.75) is 6.42 Å². The average molecular weight is 356 g/mol. The Bertz CT molecular complexity index is 1010. The van der Waals surface area contributed by atoms with Gasteiger partial charge in [0.15, 0.2) is 0 Å². The van der Waals surface area contributed by atoms with Gasteiger partial charge in [-0.25, -0.2) is 18.7 Å². The van der Waals surface area contributed by atoms with E-state index in [0.29, 0.717) is 29.8 Å². The second-order valence-corrected chi connectivity index (χ2v) is 6.09. The van der Waals surface area contributed by atoms with Gasteiger partial charge in [-0.3, -0.25) is 4.79 Å². The molecule has 3 N–H and O–H groups in total. The molecule has 0 aliphatic heterocycles. The van der Waals surface area contributed by atoms with Gasteiger partial charge >= 0.3 is 0 Å². The molecule has 0 aliphatic carbocycles. The van der Waals surface area contributed by atoms with Crippen LogP contribution in [-0.2, 0) is 6.42 Å². The van der Waals surface area contributed by atoms with Crippen LogP contribution in [0, 0.1) is 5.82 Å². The summed E-state index contributed by atoms with van der Waals surface area (Å²) in [6.45, 7) is 0.380. The van der Waals surface area contributed by atoms with Crippen molar-refractivity contribution < 1.29 is 9.18 Å². The standard InChI is InChI=1S/C16H13FN6OS/c17-12-4-14-13(22-15(23-14)9-5-21-25-7-9)3-11(12)16(24)19-2-1-10-6-18-8-20-10/h3-8H,1-2H2,(H,18,20)(H,19,24)(H,22,23). The van der Waals surface area contributed by atoms with Crippen LogP contribution in [0.3, 0.4) is 0 Å². The van der Waals surface area contributed by atoms with Crippen LogP contribution in [0.1, 0.15) is 16.1 Å². The van der Waals surface area contributed by atoms with Crippen LogP contribution in [0.25, 0.3) is 22.4 Å². The molecule has 1 aromatic carbocycles. The molecule has 0 saturated carbocycles. The summed E-state index contributed by atoms with van der Waals surface area (Å²) in [6, 6.07) is 2.74. The highest BCUT2D eigenvalue weighted by Gasteiger charge is 2.15. The number of amides is 1. The SMILES string of the molecule is O=C(NCCc1cnc[nH]1)c1cc2nc(-c3cnsc3)[nH]c2cc1F. The van der Waals surface area contributed by atoms with E-state index in [9.17, 15) is 9.18 Å². The van der Waals surface area contributed by atoms with Crippen molar-refractivity contribution in [3.8, 4) is 11.4 Å². The van der Waals surface area contributed by atoms with Gasteiger partial charge in [-0.05, 0) is 17.6 Å². The number of benzene rings is 1. The molecule has 0 atom stereocenters. The minimum atomic E-state index is -0.592. The molecular formula is C16H13FN6OS. The van der Waals surface area contributed by atoms with Crippen LogP contribution in [0.4, 0.5) is 4.39 Å². The highest BCUT2D eigenvalue weighted by molar-refractivity contribution is 7.03. The summed E-state index contributed by atoms with van der Waals surface area (Å²) >= 11 is 1.31. The fourth-order valence-electron chi connectivity index (χ4n) is 2.49. The lowest BCUT2D eigenvalue weighted by Crippen LogP contribution is -2.26. The van der Waals surface area contributed by atoms with E-state index in [4.69, 9.17) is 0 Å². The van der Waals surface area contributed by atoms with E-state index in [2.05, 4.69) is 29.6 Å². The van der Waals surface area contributed by atoms with Gasteiger partial charge in [0.2, 0.25) is 0 Å². The maximum absolute atomic E-state index is 14.3. The van der Waals surface area contributed by atoms with Crippen LogP contribution >= 0.6 is 11.5 Å². The Morgan fingerprint density at radius 2 is 2.24 bits per heavy atom. The number of hydrogen-bond acceptors (Lipinski definition) is 5. The van der Waals surface area contributed by atoms with E-state index in [1.165, 1.54) is 23.7 Å². The lowest BCUT2D eigenvalue weighted by molar-refractivity contribution is 0.0950. The first-order chi connectivity index (χ1) is 12.2. The first-order valence-corrected chi connectivity index (χ1v) is 8.39. The van der Waals surface area contributed by atoms with Crippen molar-refractivity contribution in [3.05, 3.63) is 53.3 Å². The summed E-state index contributed by atoms with van der Waals surface area (Å²) in [5.74, 6) is -0.467. The van der Waals surface area contributed by atoms with Crippen molar-refractivity contribution in [1.29, 1.82) is 0 Å². The zero-order valence-corrected chi connectivity index (χ0v) is 13.7. The molecule has 4 aromatic rings. The monoisotopic (exact) mass is 356 g/mol. The minimum absolute atomic E-state index is 0.0291. The van der Waals surface area contributed by atoms with E-state index < -0.39 is 11.7 Å². The second kappa shape index (κ2) is 6.44. The zero-order chi connectivity index (χ0) is 17.2. The summed E-state index contributed by atoms with van der Waals surface area (Å²) < 4.78 is 18.3. The summed E-state index contributed by atoms with van der Waals surface area (Å²) in [7, 11) is 0. The van der Waals surface area contributed by atoms with Crippen molar-refractivity contribution >= 4 is 28.5 Å². The van der Waals surface area contributed by atoms with Crippen LogP contribution < -0.4 is 5.32 Å². The molecule has 0 aliphatic rings. The van der Waals surface area contributed by atoms with Crippen LogP contribution in [0.5, 0.6) is 0 Å². The Hall–Kier alpha value is -3.07. The molecule has 9 heteroatoms. The predicted octanol–water partition coefficient (Wildman–Crippen LogP) is 2.52. The van der Waals surface area contributed by atoms with E-state index in [-0.39, 0.29) is 5.56 Å². The first-order valence-electron chi connectivity index (χ1n) is 7.55. The van der Waals surface area contributed by atoms with E-state index in [1.54, 1.807) is 18.7 Å². The van der Waals surface area contributed by atoms with Crippen molar-refractivity contribution in [2.75, 3.05) is 6.54 Å². The number of nitrogens with one attached hydrogen (secondary N) is 3. The molecule has 7 nitrogen and oxygen atoms in total. The summed E-state index contributed by atoms with van der Waals surface area (Å²) in [5, 5.41) is 4.55. The number of carbonyl (C=O) groups excluding carboxylic acids is 1. The fraction of sp³-hybridized carbons (Fsp3) is 0.125. The van der Waals surface area contributed by atoms with E-state index in [0.717, 1.165) is 11.3 Å². The predicted molar refractivity (Wildman–Crippen MR) is 91.8 cm³/mol. The molecule has 0 spiro atoms. The Morgan fingerprint density at radius 3 is 3.00 bits per heavy atom. The quantitative estimate of drug-likeness (QED) is 0.512. The lowest BCUT2D eigenvalue weighted by Gasteiger charge is -2.05. The smallest absolute Gasteiger partial charge is 0.254 e. The molecule has 3 aromatic heterocycles. The third-order valence-corrected chi connectivity index (χ3v) is 4.34. The molecule has 0 unspecified atom stereocenters. The summed E-state index contributed by atoms with van der Waals surface area (Å²) in [5.41, 5.74) is 2.76. The number of fused-ring (bicyclic) bond motifs is 1. The first kappa shape index (κ1) is 15.5. The number of imidazole rings is 2. The third-order valence-electron chi connectivity index (χ3n) is 3.76. The molecular weight excluding hydrogens is 343 g/mol. The number of nitrogens with zero attached hydrogens (tertiary/aromatic N) is 3. The zero-order valence-electron chi connectivity index (χ0n) is 12.9. The topological polar surface area (TPSA) is 99.3 Å². The van der Waals surface area contributed by atoms with Gasteiger partial charge in [-0.2, -0.15) is 0 Å². The molecule has 1 amide bonds. The molecule has 0 fully saturated rings. The number of halogens is 1. The molecule has 126 valence electrons. The van der Waals surface area contributed by atoms with E-state index in [1.807, 2.05) is 5.38 Å². The second-order valence-electron chi connectivity index (χ2n) is 5.43. The molecule has 0 saturated heterocycles. The van der Waals surface area contributed by atoms with Crippen LogP contribution in [0.2, 0.25) is 0 Å². The number of aromatic nitrogens is 5. The Labute approximate surface area is 145 Å². The maximum Gasteiger partial charge on any atom is 0.254 e.